The van der Waals surface area contributed by atoms with Crippen LogP contribution < -0.4 is 9.46 Å². The first kappa shape index (κ1) is 21.9. The molecular weight excluding hydrogens is 430 g/mol. The van der Waals surface area contributed by atoms with E-state index >= 15 is 0 Å². The van der Waals surface area contributed by atoms with Crippen LogP contribution in [0.15, 0.2) is 51.2 Å². The number of carbonyl (C=O) groups is 1. The summed E-state index contributed by atoms with van der Waals surface area (Å²) in [6.45, 7) is 3.17. The number of hydrogen-bond acceptors (Lipinski definition) is 9. The number of esters is 1. The van der Waals surface area contributed by atoms with Gasteiger partial charge in [0.25, 0.3) is 5.89 Å². The summed E-state index contributed by atoms with van der Waals surface area (Å²) in [5, 5.41) is 5.72. The molecule has 9 nitrogen and oxygen atoms in total. The maximum Gasteiger partial charge on any atom is 0.324 e. The second-order valence-corrected chi connectivity index (χ2v) is 9.28. The summed E-state index contributed by atoms with van der Waals surface area (Å²) in [6, 6.07) is 8.46. The Bertz CT molecular complexity index is 1080. The molecular formula is C19H21N3O6S2. The Morgan fingerprint density at radius 2 is 1.97 bits per heavy atom. The molecule has 0 aliphatic carbocycles. The van der Waals surface area contributed by atoms with Crippen LogP contribution in [0.1, 0.15) is 19.7 Å². The summed E-state index contributed by atoms with van der Waals surface area (Å²) < 4.78 is 43.1. The molecule has 0 radical (unpaired) electrons. The minimum atomic E-state index is -3.94. The Hall–Kier alpha value is -2.76. The monoisotopic (exact) mass is 451 g/mol. The van der Waals surface area contributed by atoms with E-state index in [1.165, 1.54) is 42.7 Å². The zero-order chi connectivity index (χ0) is 21.7. The topological polar surface area (TPSA) is 121 Å². The second-order valence-electron chi connectivity index (χ2n) is 6.62. The molecule has 0 saturated carbocycles. The van der Waals surface area contributed by atoms with E-state index in [1.807, 2.05) is 17.5 Å². The van der Waals surface area contributed by atoms with Crippen molar-refractivity contribution in [3.8, 4) is 16.5 Å². The molecule has 1 atom stereocenters. The zero-order valence-electron chi connectivity index (χ0n) is 16.6. The van der Waals surface area contributed by atoms with Gasteiger partial charge in [-0.25, -0.2) is 8.42 Å². The molecule has 0 fully saturated rings. The molecule has 0 aliphatic heterocycles. The summed E-state index contributed by atoms with van der Waals surface area (Å²) in [4.78, 5) is 17.6. The average molecular weight is 452 g/mol. The van der Waals surface area contributed by atoms with Gasteiger partial charge in [0.1, 0.15) is 11.8 Å². The van der Waals surface area contributed by atoms with E-state index in [0.717, 1.165) is 4.88 Å². The Morgan fingerprint density at radius 3 is 2.57 bits per heavy atom. The lowest BCUT2D eigenvalue weighted by Gasteiger charge is -2.20. The number of sulfonamides is 1. The number of ether oxygens (including phenoxy) is 2. The SMILES string of the molecule is COc1ccc(S(=O)(=O)N[C@H](C(=O)OCc2nc(-c3cccs3)no2)C(C)C)cc1. The molecule has 3 rings (SSSR count). The minimum absolute atomic E-state index is 0.0132. The van der Waals surface area contributed by atoms with Gasteiger partial charge < -0.3 is 14.0 Å². The standard InChI is InChI=1S/C19H21N3O6S2/c1-12(2)17(22-30(24,25)14-8-6-13(26-3)7-9-14)19(23)27-11-16-20-18(21-28-16)15-5-4-10-29-15/h4-10,12,17,22H,11H2,1-3H3/t17-/m0/s1. The Morgan fingerprint density at radius 1 is 1.23 bits per heavy atom. The van der Waals surface area contributed by atoms with Gasteiger partial charge in [-0.1, -0.05) is 25.1 Å². The number of nitrogens with one attached hydrogen (secondary N) is 1. The Labute approximate surface area is 178 Å². The highest BCUT2D eigenvalue weighted by atomic mass is 32.2. The van der Waals surface area contributed by atoms with Crippen molar-refractivity contribution in [2.75, 3.05) is 7.11 Å². The minimum Gasteiger partial charge on any atom is -0.497 e. The number of carbonyl (C=O) groups excluding carboxylic acids is 1. The van der Waals surface area contributed by atoms with E-state index in [2.05, 4.69) is 14.9 Å². The summed E-state index contributed by atoms with van der Waals surface area (Å²) >= 11 is 1.45. The van der Waals surface area contributed by atoms with Crippen LogP contribution in [0.3, 0.4) is 0 Å². The van der Waals surface area contributed by atoms with Crippen LogP contribution in [-0.2, 0) is 26.2 Å². The lowest BCUT2D eigenvalue weighted by Crippen LogP contribution is -2.45. The van der Waals surface area contributed by atoms with Crippen molar-refractivity contribution in [2.45, 2.75) is 31.4 Å². The molecule has 3 aromatic rings. The molecule has 1 aromatic carbocycles. The molecule has 1 N–H and O–H groups in total. The smallest absolute Gasteiger partial charge is 0.324 e. The van der Waals surface area contributed by atoms with Gasteiger partial charge in [-0.3, -0.25) is 4.79 Å². The van der Waals surface area contributed by atoms with Crippen molar-refractivity contribution in [3.05, 3.63) is 47.7 Å². The van der Waals surface area contributed by atoms with Gasteiger partial charge in [0, 0.05) is 0 Å². The van der Waals surface area contributed by atoms with Crippen molar-refractivity contribution in [3.63, 3.8) is 0 Å². The normalized spacial score (nSPS) is 12.7. The van der Waals surface area contributed by atoms with Crippen LogP contribution in [-0.4, -0.2) is 37.7 Å². The van der Waals surface area contributed by atoms with Gasteiger partial charge in [0.15, 0.2) is 6.61 Å². The highest BCUT2D eigenvalue weighted by molar-refractivity contribution is 7.89. The number of hydrogen-bond donors (Lipinski definition) is 1. The van der Waals surface area contributed by atoms with Gasteiger partial charge in [0.05, 0.1) is 16.9 Å². The van der Waals surface area contributed by atoms with Gasteiger partial charge in [-0.05, 0) is 41.6 Å². The molecule has 2 aromatic heterocycles. The van der Waals surface area contributed by atoms with E-state index in [0.29, 0.717) is 11.6 Å². The Kier molecular flexibility index (Phi) is 6.85. The zero-order valence-corrected chi connectivity index (χ0v) is 18.2. The number of methoxy groups -OCH3 is 1. The molecule has 30 heavy (non-hydrogen) atoms. The average Bonchev–Trinajstić information content (AvgIpc) is 3.42. The fraction of sp³-hybridized carbons (Fsp3) is 0.316. The number of aromatic nitrogens is 2. The van der Waals surface area contributed by atoms with Crippen molar-refractivity contribution in [1.29, 1.82) is 0 Å². The molecule has 2 heterocycles. The van der Waals surface area contributed by atoms with E-state index in [9.17, 15) is 13.2 Å². The van der Waals surface area contributed by atoms with Crippen molar-refractivity contribution < 1.29 is 27.2 Å². The van der Waals surface area contributed by atoms with Crippen molar-refractivity contribution >= 4 is 27.3 Å². The van der Waals surface area contributed by atoms with Crippen LogP contribution in [0.5, 0.6) is 5.75 Å². The molecule has 0 bridgehead atoms. The number of rotatable bonds is 9. The molecule has 0 aliphatic rings. The lowest BCUT2D eigenvalue weighted by molar-refractivity contribution is -0.148. The fourth-order valence-corrected chi connectivity index (χ4v) is 4.47. The first-order chi connectivity index (χ1) is 14.3. The lowest BCUT2D eigenvalue weighted by atomic mass is 10.1. The predicted octanol–water partition coefficient (Wildman–Crippen LogP) is 2.85. The van der Waals surface area contributed by atoms with Gasteiger partial charge in [-0.2, -0.15) is 9.71 Å². The summed E-state index contributed by atoms with van der Waals surface area (Å²) in [5.74, 6) is -0.0490. The van der Waals surface area contributed by atoms with E-state index in [4.69, 9.17) is 14.0 Å². The van der Waals surface area contributed by atoms with Gasteiger partial charge >= 0.3 is 5.97 Å². The summed E-state index contributed by atoms with van der Waals surface area (Å²) in [5.41, 5.74) is 0. The first-order valence-corrected chi connectivity index (χ1v) is 11.4. The maximum absolute atomic E-state index is 12.7. The van der Waals surface area contributed by atoms with Crippen LogP contribution in [0.4, 0.5) is 0 Å². The predicted molar refractivity (Wildman–Crippen MR) is 109 cm³/mol. The van der Waals surface area contributed by atoms with Gasteiger partial charge in [-0.15, -0.1) is 11.3 Å². The fourth-order valence-electron chi connectivity index (χ4n) is 2.49. The molecule has 160 valence electrons. The van der Waals surface area contributed by atoms with Crippen molar-refractivity contribution in [2.24, 2.45) is 5.92 Å². The van der Waals surface area contributed by atoms with Gasteiger partial charge in [0.2, 0.25) is 15.8 Å². The Balaban J connectivity index is 1.65. The summed E-state index contributed by atoms with van der Waals surface area (Å²) in [7, 11) is -2.45. The highest BCUT2D eigenvalue weighted by Gasteiger charge is 2.30. The third-order valence-electron chi connectivity index (χ3n) is 4.12. The quantitative estimate of drug-likeness (QED) is 0.493. The molecule has 0 unspecified atom stereocenters. The van der Waals surface area contributed by atoms with Crippen LogP contribution >= 0.6 is 11.3 Å². The number of benzene rings is 1. The van der Waals surface area contributed by atoms with Crippen LogP contribution in [0.25, 0.3) is 10.7 Å². The van der Waals surface area contributed by atoms with Crippen LogP contribution in [0.2, 0.25) is 0 Å². The highest BCUT2D eigenvalue weighted by Crippen LogP contribution is 2.22. The number of thiophene rings is 1. The number of nitrogens with zero attached hydrogens (tertiary/aromatic N) is 2. The maximum atomic E-state index is 12.7. The summed E-state index contributed by atoms with van der Waals surface area (Å²) in [6.07, 6.45) is 0. The third kappa shape index (κ3) is 5.23. The molecule has 0 spiro atoms. The van der Waals surface area contributed by atoms with Crippen molar-refractivity contribution in [1.82, 2.24) is 14.9 Å². The molecule has 0 amide bonds. The second kappa shape index (κ2) is 9.37. The van der Waals surface area contributed by atoms with E-state index in [-0.39, 0.29) is 23.3 Å². The molecule has 0 saturated heterocycles. The first-order valence-electron chi connectivity index (χ1n) is 8.99. The largest absolute Gasteiger partial charge is 0.497 e. The van der Waals surface area contributed by atoms with Crippen LogP contribution in [0, 0.1) is 5.92 Å². The van der Waals surface area contributed by atoms with E-state index < -0.39 is 22.0 Å². The molecule has 11 heteroatoms. The third-order valence-corrected chi connectivity index (χ3v) is 6.44. The van der Waals surface area contributed by atoms with E-state index in [1.54, 1.807) is 13.8 Å².